The van der Waals surface area contributed by atoms with Crippen LogP contribution in [0.3, 0.4) is 0 Å². The molecule has 2 amide bonds. The van der Waals surface area contributed by atoms with Crippen LogP contribution in [0.25, 0.3) is 21.5 Å². The van der Waals surface area contributed by atoms with Crippen molar-refractivity contribution in [2.75, 3.05) is 42.9 Å². The number of aromatic nitrogens is 6. The van der Waals surface area contributed by atoms with Gasteiger partial charge < -0.3 is 20.4 Å². The maximum Gasteiger partial charge on any atom is 0.269 e. The van der Waals surface area contributed by atoms with Gasteiger partial charge in [-0.15, -0.1) is 16.4 Å². The van der Waals surface area contributed by atoms with E-state index in [1.807, 2.05) is 47.5 Å². The zero-order valence-corrected chi connectivity index (χ0v) is 27.9. The number of carbonyl (C=O) groups is 2. The van der Waals surface area contributed by atoms with Gasteiger partial charge in [0.15, 0.2) is 0 Å². The molecule has 12 nitrogen and oxygen atoms in total. The summed E-state index contributed by atoms with van der Waals surface area (Å²) in [4.78, 5) is 45.6. The highest BCUT2D eigenvalue weighted by molar-refractivity contribution is 7.18. The Bertz CT molecular complexity index is 2070. The maximum atomic E-state index is 13.4. The monoisotopic (exact) mass is 672 g/mol. The summed E-state index contributed by atoms with van der Waals surface area (Å²) in [6.07, 6.45) is 5.68. The van der Waals surface area contributed by atoms with E-state index in [2.05, 4.69) is 72.0 Å². The van der Waals surface area contributed by atoms with Crippen molar-refractivity contribution >= 4 is 44.9 Å². The van der Waals surface area contributed by atoms with E-state index in [1.54, 1.807) is 34.5 Å². The number of amides is 2. The summed E-state index contributed by atoms with van der Waals surface area (Å²) in [7, 11) is 0. The molecular formula is C36H36N10O2S. The lowest BCUT2D eigenvalue weighted by Gasteiger charge is -2.35. The molecular weight excluding hydrogens is 637 g/mol. The summed E-state index contributed by atoms with van der Waals surface area (Å²) in [5, 5.41) is 16.0. The molecule has 13 heteroatoms. The van der Waals surface area contributed by atoms with Gasteiger partial charge in [-0.25, -0.2) is 9.97 Å². The second kappa shape index (κ2) is 14.6. The number of rotatable bonds is 11. The number of anilines is 2. The summed E-state index contributed by atoms with van der Waals surface area (Å²) < 4.78 is 1.78. The Morgan fingerprint density at radius 2 is 1.78 bits per heavy atom. The molecule has 5 heterocycles. The second-order valence-corrected chi connectivity index (χ2v) is 13.1. The number of carbonyl (C=O) groups excluding carboxylic acids is 2. The van der Waals surface area contributed by atoms with Gasteiger partial charge in [-0.05, 0) is 49.2 Å². The fourth-order valence-electron chi connectivity index (χ4n) is 5.87. The molecule has 2 N–H and O–H groups in total. The molecule has 7 rings (SSSR count). The van der Waals surface area contributed by atoms with Crippen LogP contribution in [-0.2, 0) is 13.1 Å². The molecule has 0 radical (unpaired) electrons. The summed E-state index contributed by atoms with van der Waals surface area (Å²) in [6.45, 7) is 6.25. The van der Waals surface area contributed by atoms with Crippen LogP contribution in [0.15, 0.2) is 91.5 Å². The lowest BCUT2D eigenvalue weighted by Crippen LogP contribution is -2.49. The largest absolute Gasteiger partial charge is 0.381 e. The lowest BCUT2D eigenvalue weighted by atomic mass is 10.1. The topological polar surface area (TPSA) is 134 Å². The Kier molecular flexibility index (Phi) is 9.50. The number of fused-ring (bicyclic) bond motifs is 1. The first-order valence-corrected chi connectivity index (χ1v) is 17.1. The lowest BCUT2D eigenvalue weighted by molar-refractivity contribution is 0.0746. The first-order chi connectivity index (χ1) is 24.0. The van der Waals surface area contributed by atoms with Crippen molar-refractivity contribution in [3.05, 3.63) is 113 Å². The molecule has 49 heavy (non-hydrogen) atoms. The van der Waals surface area contributed by atoms with E-state index in [0.717, 1.165) is 39.5 Å². The van der Waals surface area contributed by atoms with Crippen molar-refractivity contribution in [1.82, 2.24) is 40.2 Å². The smallest absolute Gasteiger partial charge is 0.269 e. The number of hydrogen-bond acceptors (Lipinski definition) is 10. The predicted octanol–water partition coefficient (Wildman–Crippen LogP) is 5.05. The minimum absolute atomic E-state index is 0.116. The fraction of sp³-hybridized carbons (Fsp3) is 0.250. The third kappa shape index (κ3) is 7.57. The number of nitrogens with zero attached hydrogens (tertiary/aromatic N) is 8. The van der Waals surface area contributed by atoms with Crippen LogP contribution in [0.5, 0.6) is 0 Å². The first-order valence-electron chi connectivity index (χ1n) is 16.3. The van der Waals surface area contributed by atoms with Crippen LogP contribution < -0.4 is 15.5 Å². The van der Waals surface area contributed by atoms with Gasteiger partial charge in [-0.3, -0.25) is 19.3 Å². The zero-order valence-electron chi connectivity index (χ0n) is 27.1. The minimum Gasteiger partial charge on any atom is -0.381 e. The van der Waals surface area contributed by atoms with Gasteiger partial charge in [0, 0.05) is 73.7 Å². The van der Waals surface area contributed by atoms with Crippen LogP contribution in [0.4, 0.5) is 11.5 Å². The third-order valence-electron chi connectivity index (χ3n) is 8.42. The molecule has 0 spiro atoms. The molecule has 2 aromatic carbocycles. The van der Waals surface area contributed by atoms with E-state index in [-0.39, 0.29) is 17.5 Å². The highest BCUT2D eigenvalue weighted by atomic mass is 32.1. The molecule has 1 aliphatic rings. The second-order valence-electron chi connectivity index (χ2n) is 11.9. The summed E-state index contributed by atoms with van der Waals surface area (Å²) >= 11 is 1.65. The molecule has 0 saturated carbocycles. The first kappa shape index (κ1) is 31.9. The van der Waals surface area contributed by atoms with E-state index < -0.39 is 0 Å². The Labute approximate surface area is 287 Å². The molecule has 1 saturated heterocycles. The summed E-state index contributed by atoms with van der Waals surface area (Å²) in [5.74, 6) is 0.471. The average molecular weight is 673 g/mol. The fourth-order valence-corrected chi connectivity index (χ4v) is 6.71. The zero-order chi connectivity index (χ0) is 33.6. The van der Waals surface area contributed by atoms with Crippen LogP contribution in [0.1, 0.15) is 37.7 Å². The molecule has 6 aromatic rings. The van der Waals surface area contributed by atoms with E-state index in [1.165, 1.54) is 16.6 Å². The molecule has 1 fully saturated rings. The van der Waals surface area contributed by atoms with Crippen molar-refractivity contribution in [2.45, 2.75) is 26.4 Å². The Hall–Kier alpha value is -5.69. The van der Waals surface area contributed by atoms with E-state index in [9.17, 15) is 9.59 Å². The number of benzene rings is 2. The SMILES string of the molecule is Cc1cc2c(N3CCN(C(=O)c4ccnc(C(=O)NCCCn5cc(-c6cccc(NCc7ccccc7)c6)nn5)c4)CC3)ncnc2s1. The Balaban J connectivity index is 0.877. The molecule has 248 valence electrons. The third-order valence-corrected chi connectivity index (χ3v) is 9.38. The average Bonchev–Trinajstić information content (AvgIpc) is 3.79. The minimum atomic E-state index is -0.322. The number of aryl methyl sites for hydroxylation is 2. The van der Waals surface area contributed by atoms with Gasteiger partial charge >= 0.3 is 0 Å². The van der Waals surface area contributed by atoms with Crippen molar-refractivity contribution in [3.8, 4) is 11.3 Å². The molecule has 0 unspecified atom stereocenters. The predicted molar refractivity (Wildman–Crippen MR) is 191 cm³/mol. The molecule has 1 aliphatic heterocycles. The quantitative estimate of drug-likeness (QED) is 0.182. The summed E-state index contributed by atoms with van der Waals surface area (Å²) in [5.41, 5.74) is 4.63. The van der Waals surface area contributed by atoms with E-state index >= 15 is 0 Å². The number of thiophene rings is 1. The standard InChI is InChI=1S/C36H36N10O2S/c1-25-19-30-33(40-24-41-35(30)49-25)44-15-17-45(18-16-44)36(48)28-11-13-37-31(21-28)34(47)38-12-6-14-46-23-32(42-43-46)27-9-5-10-29(20-27)39-22-26-7-3-2-4-8-26/h2-5,7-11,13,19-21,23-24,39H,6,12,14-18,22H2,1H3,(H,38,47). The van der Waals surface area contributed by atoms with Crippen molar-refractivity contribution in [2.24, 2.45) is 0 Å². The van der Waals surface area contributed by atoms with Crippen molar-refractivity contribution < 1.29 is 9.59 Å². The summed E-state index contributed by atoms with van der Waals surface area (Å²) in [6, 6.07) is 23.7. The van der Waals surface area contributed by atoms with E-state index in [0.29, 0.717) is 51.3 Å². The number of hydrogen-bond donors (Lipinski definition) is 2. The van der Waals surface area contributed by atoms with Gasteiger partial charge in [0.2, 0.25) is 0 Å². The van der Waals surface area contributed by atoms with Gasteiger partial charge in [0.05, 0.1) is 11.6 Å². The number of pyridine rings is 1. The van der Waals surface area contributed by atoms with Crippen LogP contribution in [0, 0.1) is 6.92 Å². The van der Waals surface area contributed by atoms with Crippen LogP contribution in [-0.4, -0.2) is 79.4 Å². The number of piperazine rings is 1. The molecule has 0 aliphatic carbocycles. The van der Waals surface area contributed by atoms with Crippen molar-refractivity contribution in [3.63, 3.8) is 0 Å². The van der Waals surface area contributed by atoms with Crippen LogP contribution in [0.2, 0.25) is 0 Å². The van der Waals surface area contributed by atoms with Gasteiger partial charge in [-0.2, -0.15) is 0 Å². The van der Waals surface area contributed by atoms with E-state index in [4.69, 9.17) is 0 Å². The van der Waals surface area contributed by atoms with Crippen molar-refractivity contribution in [1.29, 1.82) is 0 Å². The molecule has 0 bridgehead atoms. The number of nitrogens with one attached hydrogen (secondary N) is 2. The highest BCUT2D eigenvalue weighted by Crippen LogP contribution is 2.30. The molecule has 4 aromatic heterocycles. The normalized spacial score (nSPS) is 13.1. The molecule has 0 atom stereocenters. The highest BCUT2D eigenvalue weighted by Gasteiger charge is 2.25. The van der Waals surface area contributed by atoms with Gasteiger partial charge in [-0.1, -0.05) is 47.7 Å². The van der Waals surface area contributed by atoms with Crippen LogP contribution >= 0.6 is 11.3 Å². The maximum absolute atomic E-state index is 13.4. The van der Waals surface area contributed by atoms with Gasteiger partial charge in [0.25, 0.3) is 11.8 Å². The van der Waals surface area contributed by atoms with Gasteiger partial charge in [0.1, 0.15) is 28.4 Å². The Morgan fingerprint density at radius 3 is 2.63 bits per heavy atom. The Morgan fingerprint density at radius 1 is 0.918 bits per heavy atom.